The Balaban J connectivity index is 2.30. The van der Waals surface area contributed by atoms with Crippen molar-refractivity contribution in [2.75, 3.05) is 11.8 Å². The van der Waals surface area contributed by atoms with Crippen LogP contribution in [-0.2, 0) is 16.6 Å². The van der Waals surface area contributed by atoms with Crippen molar-refractivity contribution in [3.8, 4) is 0 Å². The van der Waals surface area contributed by atoms with Gasteiger partial charge in [-0.25, -0.2) is 8.42 Å². The van der Waals surface area contributed by atoms with Gasteiger partial charge in [0, 0.05) is 20.7 Å². The van der Waals surface area contributed by atoms with Crippen LogP contribution in [0.2, 0.25) is 0 Å². The summed E-state index contributed by atoms with van der Waals surface area (Å²) in [7, 11) is -1.73. The molecular weight excluding hydrogens is 395 g/mol. The summed E-state index contributed by atoms with van der Waals surface area (Å²) < 4.78 is 28.3. The summed E-state index contributed by atoms with van der Waals surface area (Å²) in [4.78, 5) is 1.14. The lowest BCUT2D eigenvalue weighted by atomic mass is 10.3. The monoisotopic (exact) mass is 408 g/mol. The van der Waals surface area contributed by atoms with E-state index in [1.54, 1.807) is 30.6 Å². The fraction of sp³-hybridized carbons (Fsp3) is 0.167. The Morgan fingerprint density at radius 3 is 2.79 bits per heavy atom. The molecule has 1 heterocycles. The van der Waals surface area contributed by atoms with Gasteiger partial charge in [-0.3, -0.25) is 4.72 Å². The highest BCUT2D eigenvalue weighted by Crippen LogP contribution is 2.24. The van der Waals surface area contributed by atoms with Crippen molar-refractivity contribution < 1.29 is 8.42 Å². The molecule has 0 amide bonds. The average molecular weight is 408 g/mol. The molecule has 0 unspecified atom stereocenters. The summed E-state index contributed by atoms with van der Waals surface area (Å²) in [6.07, 6.45) is 0. The van der Waals surface area contributed by atoms with Crippen LogP contribution in [0.1, 0.15) is 4.88 Å². The van der Waals surface area contributed by atoms with Crippen molar-refractivity contribution in [3.63, 3.8) is 0 Å². The Labute approximate surface area is 130 Å². The zero-order valence-corrected chi connectivity index (χ0v) is 14.0. The molecule has 1 aromatic carbocycles. The van der Waals surface area contributed by atoms with Crippen LogP contribution in [0.25, 0.3) is 0 Å². The van der Waals surface area contributed by atoms with Gasteiger partial charge in [-0.05, 0) is 59.3 Å². The smallest absolute Gasteiger partial charge is 0.263 e. The fourth-order valence-corrected chi connectivity index (χ4v) is 4.67. The van der Waals surface area contributed by atoms with E-state index in [1.807, 2.05) is 12.1 Å². The lowest BCUT2D eigenvalue weighted by Crippen LogP contribution is -2.15. The average Bonchev–Trinajstić information content (AvgIpc) is 2.78. The Kier molecular flexibility index (Phi) is 4.82. The van der Waals surface area contributed by atoms with Gasteiger partial charge in [0.05, 0.1) is 0 Å². The van der Waals surface area contributed by atoms with Crippen LogP contribution in [0.5, 0.6) is 0 Å². The molecule has 0 saturated carbocycles. The number of hydrogen-bond acceptors (Lipinski definition) is 4. The Morgan fingerprint density at radius 1 is 1.32 bits per heavy atom. The minimum Gasteiger partial charge on any atom is -0.315 e. The van der Waals surface area contributed by atoms with E-state index < -0.39 is 10.0 Å². The maximum Gasteiger partial charge on any atom is 0.263 e. The zero-order valence-electron chi connectivity index (χ0n) is 10.2. The Bertz CT molecular complexity index is 668. The van der Waals surface area contributed by atoms with Crippen LogP contribution < -0.4 is 10.0 Å². The highest BCUT2D eigenvalue weighted by molar-refractivity contribution is 14.1. The van der Waals surface area contributed by atoms with Crippen molar-refractivity contribution >= 4 is 49.6 Å². The van der Waals surface area contributed by atoms with E-state index in [9.17, 15) is 8.42 Å². The highest BCUT2D eigenvalue weighted by Gasteiger charge is 2.19. The molecule has 7 heteroatoms. The van der Waals surface area contributed by atoms with Crippen molar-refractivity contribution in [3.05, 3.63) is 44.2 Å². The molecule has 0 atom stereocenters. The molecule has 1 aromatic heterocycles. The molecule has 0 radical (unpaired) electrons. The van der Waals surface area contributed by atoms with Crippen LogP contribution in [0, 0.1) is 3.57 Å². The summed E-state index contributed by atoms with van der Waals surface area (Å²) in [5.41, 5.74) is 0.577. The minimum absolute atomic E-state index is 0.339. The van der Waals surface area contributed by atoms with Gasteiger partial charge in [-0.1, -0.05) is 6.07 Å². The fourth-order valence-electron chi connectivity index (χ4n) is 1.62. The number of rotatable bonds is 5. The maximum atomic E-state index is 12.3. The van der Waals surface area contributed by atoms with Gasteiger partial charge < -0.3 is 5.32 Å². The van der Waals surface area contributed by atoms with E-state index in [1.165, 1.54) is 11.3 Å². The van der Waals surface area contributed by atoms with Gasteiger partial charge in [-0.2, -0.15) is 0 Å². The van der Waals surface area contributed by atoms with Gasteiger partial charge in [0.1, 0.15) is 4.90 Å². The third-order valence-electron chi connectivity index (χ3n) is 2.41. The first-order chi connectivity index (χ1) is 9.03. The molecule has 2 rings (SSSR count). The van der Waals surface area contributed by atoms with E-state index in [-0.39, 0.29) is 0 Å². The maximum absolute atomic E-state index is 12.3. The van der Waals surface area contributed by atoms with Crippen LogP contribution in [0.15, 0.2) is 40.6 Å². The number of hydrogen-bond donors (Lipinski definition) is 2. The van der Waals surface area contributed by atoms with Crippen LogP contribution in [0.3, 0.4) is 0 Å². The molecule has 4 nitrogen and oxygen atoms in total. The van der Waals surface area contributed by atoms with E-state index in [0.29, 0.717) is 17.1 Å². The first kappa shape index (κ1) is 14.8. The van der Waals surface area contributed by atoms with Gasteiger partial charge in [-0.15, -0.1) is 11.3 Å². The van der Waals surface area contributed by atoms with E-state index in [2.05, 4.69) is 32.6 Å². The van der Waals surface area contributed by atoms with E-state index in [0.717, 1.165) is 8.45 Å². The predicted octanol–water partition coefficient (Wildman–Crippen LogP) is 2.87. The molecule has 19 heavy (non-hydrogen) atoms. The summed E-state index contributed by atoms with van der Waals surface area (Å²) in [6.45, 7) is 0.542. The molecule has 0 fully saturated rings. The molecule has 0 bridgehead atoms. The third kappa shape index (κ3) is 3.68. The molecule has 0 aliphatic rings. The van der Waals surface area contributed by atoms with Crippen molar-refractivity contribution in [2.45, 2.75) is 11.4 Å². The molecule has 2 N–H and O–H groups in total. The lowest BCUT2D eigenvalue weighted by molar-refractivity contribution is 0.600. The number of thiophene rings is 1. The van der Waals surface area contributed by atoms with Gasteiger partial charge >= 0.3 is 0 Å². The normalized spacial score (nSPS) is 11.5. The third-order valence-corrected chi connectivity index (χ3v) is 5.60. The second-order valence-electron chi connectivity index (χ2n) is 3.85. The molecule has 0 spiro atoms. The first-order valence-electron chi connectivity index (χ1n) is 5.52. The largest absolute Gasteiger partial charge is 0.315 e. The molecule has 102 valence electrons. The van der Waals surface area contributed by atoms with Crippen LogP contribution in [-0.4, -0.2) is 15.5 Å². The lowest BCUT2D eigenvalue weighted by Gasteiger charge is -2.09. The number of anilines is 1. The summed E-state index contributed by atoms with van der Waals surface area (Å²) in [5, 5.41) is 4.76. The molecule has 0 saturated heterocycles. The number of benzene rings is 1. The standard InChI is InChI=1S/C12H13IN2O2S2/c1-14-8-11-12(5-6-18-11)19(16,17)15-10-4-2-3-9(13)7-10/h2-7,14-15H,8H2,1H3. The van der Waals surface area contributed by atoms with Crippen molar-refractivity contribution in [1.29, 1.82) is 0 Å². The second-order valence-corrected chi connectivity index (χ2v) is 7.75. The van der Waals surface area contributed by atoms with Crippen molar-refractivity contribution in [1.82, 2.24) is 5.32 Å². The summed E-state index contributed by atoms with van der Waals surface area (Å²) in [6, 6.07) is 8.90. The van der Waals surface area contributed by atoms with Crippen molar-refractivity contribution in [2.24, 2.45) is 0 Å². The highest BCUT2D eigenvalue weighted by atomic mass is 127. The number of nitrogens with one attached hydrogen (secondary N) is 2. The Morgan fingerprint density at radius 2 is 2.11 bits per heavy atom. The van der Waals surface area contributed by atoms with Gasteiger partial charge in [0.2, 0.25) is 0 Å². The molecule has 0 aliphatic heterocycles. The topological polar surface area (TPSA) is 58.2 Å². The van der Waals surface area contributed by atoms with Crippen LogP contribution in [0.4, 0.5) is 5.69 Å². The number of sulfonamides is 1. The summed E-state index contributed by atoms with van der Waals surface area (Å²) in [5.74, 6) is 0. The molecule has 0 aliphatic carbocycles. The summed E-state index contributed by atoms with van der Waals surface area (Å²) >= 11 is 3.58. The predicted molar refractivity (Wildman–Crippen MR) is 87.1 cm³/mol. The number of halogens is 1. The SMILES string of the molecule is CNCc1sccc1S(=O)(=O)Nc1cccc(I)c1. The molecular formula is C12H13IN2O2S2. The zero-order chi connectivity index (χ0) is 13.9. The second kappa shape index (κ2) is 6.21. The van der Waals surface area contributed by atoms with Gasteiger partial charge in [0.15, 0.2) is 0 Å². The Hall–Kier alpha value is -0.640. The minimum atomic E-state index is -3.52. The van der Waals surface area contributed by atoms with Gasteiger partial charge in [0.25, 0.3) is 10.0 Å². The first-order valence-corrected chi connectivity index (χ1v) is 8.96. The quantitative estimate of drug-likeness (QED) is 0.749. The molecule has 2 aromatic rings. The van der Waals surface area contributed by atoms with Crippen LogP contribution >= 0.6 is 33.9 Å². The van der Waals surface area contributed by atoms with E-state index in [4.69, 9.17) is 0 Å². The van der Waals surface area contributed by atoms with E-state index >= 15 is 0 Å².